The van der Waals surface area contributed by atoms with Crippen molar-refractivity contribution < 1.29 is 9.53 Å². The van der Waals surface area contributed by atoms with Gasteiger partial charge >= 0.3 is 0 Å². The van der Waals surface area contributed by atoms with Crippen LogP contribution >= 0.6 is 11.6 Å². The van der Waals surface area contributed by atoms with Gasteiger partial charge in [-0.3, -0.25) is 4.79 Å². The molecule has 1 heterocycles. The van der Waals surface area contributed by atoms with E-state index < -0.39 is 0 Å². The molecule has 0 unspecified atom stereocenters. The van der Waals surface area contributed by atoms with E-state index in [1.54, 1.807) is 22.9 Å². The molecule has 0 bridgehead atoms. The maximum absolute atomic E-state index is 11.6. The van der Waals surface area contributed by atoms with E-state index in [0.717, 1.165) is 13.0 Å². The van der Waals surface area contributed by atoms with Crippen LogP contribution in [0.25, 0.3) is 0 Å². The molecule has 0 aliphatic carbocycles. The topological polar surface area (TPSA) is 69.9 Å². The van der Waals surface area contributed by atoms with Gasteiger partial charge in [0.25, 0.3) is 0 Å². The van der Waals surface area contributed by atoms with Gasteiger partial charge in [0.05, 0.1) is 5.56 Å². The van der Waals surface area contributed by atoms with Gasteiger partial charge in [-0.05, 0) is 42.0 Å². The number of nitrogens with zero attached hydrogens (tertiary/aromatic N) is 4. The molecule has 0 amide bonds. The summed E-state index contributed by atoms with van der Waals surface area (Å²) in [7, 11) is 0. The lowest BCUT2D eigenvalue weighted by Crippen LogP contribution is -2.09. The predicted molar refractivity (Wildman–Crippen MR) is 73.9 cm³/mol. The Labute approximate surface area is 121 Å². The van der Waals surface area contributed by atoms with Crippen molar-refractivity contribution in [3.63, 3.8) is 0 Å². The number of rotatable bonds is 6. The Morgan fingerprint density at radius 1 is 1.45 bits per heavy atom. The highest BCUT2D eigenvalue weighted by Crippen LogP contribution is 2.24. The molecule has 106 valence electrons. The summed E-state index contributed by atoms with van der Waals surface area (Å²) in [4.78, 5) is 11.6. The van der Waals surface area contributed by atoms with Crippen LogP contribution < -0.4 is 4.74 Å². The van der Waals surface area contributed by atoms with Crippen molar-refractivity contribution in [3.05, 3.63) is 34.6 Å². The Balaban J connectivity index is 2.14. The van der Waals surface area contributed by atoms with Crippen LogP contribution in [0.15, 0.2) is 18.2 Å². The zero-order chi connectivity index (χ0) is 14.5. The van der Waals surface area contributed by atoms with Crippen molar-refractivity contribution >= 4 is 17.4 Å². The molecule has 1 aromatic carbocycles. The molecule has 0 atom stereocenters. The van der Waals surface area contributed by atoms with E-state index in [-0.39, 0.29) is 12.4 Å². The maximum Gasteiger partial charge on any atom is 0.189 e. The van der Waals surface area contributed by atoms with Crippen LogP contribution in [0.5, 0.6) is 5.75 Å². The lowest BCUT2D eigenvalue weighted by molar-refractivity contribution is 0.101. The fraction of sp³-hybridized carbons (Fsp3) is 0.385. The number of carbonyl (C=O) groups is 1. The molecular weight excluding hydrogens is 280 g/mol. The monoisotopic (exact) mass is 294 g/mol. The van der Waals surface area contributed by atoms with Crippen LogP contribution in [0.3, 0.4) is 0 Å². The molecular formula is C13H15ClN4O2. The lowest BCUT2D eigenvalue weighted by atomic mass is 10.1. The number of hydrogen-bond acceptors (Lipinski definition) is 5. The zero-order valence-corrected chi connectivity index (χ0v) is 12.1. The smallest absolute Gasteiger partial charge is 0.189 e. The van der Waals surface area contributed by atoms with Gasteiger partial charge in [-0.15, -0.1) is 5.10 Å². The molecule has 0 radical (unpaired) electrons. The molecule has 0 aliphatic heterocycles. The second-order valence-corrected chi connectivity index (χ2v) is 4.74. The van der Waals surface area contributed by atoms with Crippen molar-refractivity contribution in [2.45, 2.75) is 33.4 Å². The standard InChI is InChI=1S/C13H15ClN4O2/c1-3-6-18-13(15-16-17-18)8-20-12-5-4-10(14)7-11(12)9(2)19/h4-5,7H,3,6,8H2,1-2H3. The van der Waals surface area contributed by atoms with Gasteiger partial charge in [-0.1, -0.05) is 18.5 Å². The SMILES string of the molecule is CCCn1nnnc1COc1ccc(Cl)cc1C(C)=O. The first kappa shape index (κ1) is 14.5. The van der Waals surface area contributed by atoms with Gasteiger partial charge in [0.2, 0.25) is 0 Å². The summed E-state index contributed by atoms with van der Waals surface area (Å²) in [6.07, 6.45) is 0.928. The number of benzene rings is 1. The van der Waals surface area contributed by atoms with E-state index in [9.17, 15) is 4.79 Å². The normalized spacial score (nSPS) is 10.6. The second kappa shape index (κ2) is 6.47. The Kier molecular flexibility index (Phi) is 4.68. The van der Waals surface area contributed by atoms with Crippen LogP contribution in [-0.2, 0) is 13.2 Å². The van der Waals surface area contributed by atoms with E-state index in [1.165, 1.54) is 6.92 Å². The van der Waals surface area contributed by atoms with Gasteiger partial charge in [0.1, 0.15) is 12.4 Å². The van der Waals surface area contributed by atoms with Crippen LogP contribution in [0.4, 0.5) is 0 Å². The number of aryl methyl sites for hydroxylation is 1. The minimum absolute atomic E-state index is 0.101. The summed E-state index contributed by atoms with van der Waals surface area (Å²) in [5, 5.41) is 11.9. The Hall–Kier alpha value is -1.95. The molecule has 2 aromatic rings. The quantitative estimate of drug-likeness (QED) is 0.766. The third kappa shape index (κ3) is 3.33. The maximum atomic E-state index is 11.6. The molecule has 0 aliphatic rings. The summed E-state index contributed by atoms with van der Waals surface area (Å²) >= 11 is 5.88. The molecule has 20 heavy (non-hydrogen) atoms. The molecule has 0 saturated carbocycles. The summed E-state index contributed by atoms with van der Waals surface area (Å²) in [6.45, 7) is 4.44. The Bertz CT molecular complexity index is 612. The molecule has 6 nitrogen and oxygen atoms in total. The molecule has 2 rings (SSSR count). The molecule has 0 spiro atoms. The number of carbonyl (C=O) groups excluding carboxylic acids is 1. The number of ketones is 1. The minimum Gasteiger partial charge on any atom is -0.485 e. The third-order valence-electron chi connectivity index (χ3n) is 2.72. The molecule has 0 fully saturated rings. The largest absolute Gasteiger partial charge is 0.485 e. The number of hydrogen-bond donors (Lipinski definition) is 0. The van der Waals surface area contributed by atoms with E-state index in [1.807, 2.05) is 6.92 Å². The highest BCUT2D eigenvalue weighted by molar-refractivity contribution is 6.31. The molecule has 1 aromatic heterocycles. The number of Topliss-reactive ketones (excluding diaryl/α,β-unsaturated/α-hetero) is 1. The first-order valence-corrected chi connectivity index (χ1v) is 6.68. The van der Waals surface area contributed by atoms with Crippen molar-refractivity contribution in [2.75, 3.05) is 0 Å². The summed E-state index contributed by atoms with van der Waals surface area (Å²) in [6, 6.07) is 4.94. The summed E-state index contributed by atoms with van der Waals surface area (Å²) in [5.41, 5.74) is 0.451. The second-order valence-electron chi connectivity index (χ2n) is 4.30. The van der Waals surface area contributed by atoms with E-state index in [0.29, 0.717) is 22.2 Å². The average Bonchev–Trinajstić information content (AvgIpc) is 2.85. The number of ether oxygens (including phenoxy) is 1. The van der Waals surface area contributed by atoms with Crippen molar-refractivity contribution in [2.24, 2.45) is 0 Å². The van der Waals surface area contributed by atoms with Gasteiger partial charge in [0, 0.05) is 11.6 Å². The highest BCUT2D eigenvalue weighted by atomic mass is 35.5. The van der Waals surface area contributed by atoms with E-state index in [4.69, 9.17) is 16.3 Å². The van der Waals surface area contributed by atoms with Crippen LogP contribution in [0.1, 0.15) is 36.5 Å². The molecule has 0 saturated heterocycles. The van der Waals surface area contributed by atoms with Gasteiger partial charge in [-0.25, -0.2) is 4.68 Å². The van der Waals surface area contributed by atoms with Crippen molar-refractivity contribution in [3.8, 4) is 5.75 Å². The average molecular weight is 295 g/mol. The van der Waals surface area contributed by atoms with E-state index >= 15 is 0 Å². The highest BCUT2D eigenvalue weighted by Gasteiger charge is 2.12. The van der Waals surface area contributed by atoms with Crippen LogP contribution in [-0.4, -0.2) is 26.0 Å². The molecule has 7 heteroatoms. The first-order valence-electron chi connectivity index (χ1n) is 6.30. The Morgan fingerprint density at radius 2 is 2.25 bits per heavy atom. The fourth-order valence-corrected chi connectivity index (χ4v) is 1.93. The van der Waals surface area contributed by atoms with Gasteiger partial charge < -0.3 is 4.74 Å². The van der Waals surface area contributed by atoms with Gasteiger partial charge in [-0.2, -0.15) is 0 Å². The minimum atomic E-state index is -0.101. The van der Waals surface area contributed by atoms with Crippen molar-refractivity contribution in [1.82, 2.24) is 20.2 Å². The molecule has 0 N–H and O–H groups in total. The van der Waals surface area contributed by atoms with Crippen molar-refractivity contribution in [1.29, 1.82) is 0 Å². The first-order chi connectivity index (χ1) is 9.61. The summed E-state index contributed by atoms with van der Waals surface area (Å²) in [5.74, 6) is 1.000. The zero-order valence-electron chi connectivity index (χ0n) is 11.3. The number of tetrazole rings is 1. The lowest BCUT2D eigenvalue weighted by Gasteiger charge is -2.10. The Morgan fingerprint density at radius 3 is 2.95 bits per heavy atom. The summed E-state index contributed by atoms with van der Waals surface area (Å²) < 4.78 is 7.33. The number of halogens is 1. The van der Waals surface area contributed by atoms with Crippen LogP contribution in [0.2, 0.25) is 5.02 Å². The predicted octanol–water partition coefficient (Wildman–Crippen LogP) is 2.52. The van der Waals surface area contributed by atoms with Gasteiger partial charge in [0.15, 0.2) is 11.6 Å². The number of aromatic nitrogens is 4. The van der Waals surface area contributed by atoms with E-state index in [2.05, 4.69) is 15.5 Å². The fourth-order valence-electron chi connectivity index (χ4n) is 1.76. The van der Waals surface area contributed by atoms with Crippen LogP contribution in [0, 0.1) is 0 Å². The third-order valence-corrected chi connectivity index (χ3v) is 2.95.